The smallest absolute Gasteiger partial charge is 0.266 e. The Bertz CT molecular complexity index is 2160. The van der Waals surface area contributed by atoms with Crippen LogP contribution in [-0.4, -0.2) is 16.4 Å². The molecule has 1 aliphatic carbocycles. The lowest BCUT2D eigenvalue weighted by atomic mass is 9.82. The number of imide groups is 1. The van der Waals surface area contributed by atoms with E-state index in [1.165, 1.54) is 27.2 Å². The summed E-state index contributed by atoms with van der Waals surface area (Å²) < 4.78 is 2.05. The van der Waals surface area contributed by atoms with E-state index in [9.17, 15) is 14.9 Å². The number of carbonyl (C=O) groups excluding carboxylic acids is 2. The van der Waals surface area contributed by atoms with Crippen LogP contribution in [0.4, 0.5) is 5.69 Å². The molecule has 0 saturated heterocycles. The number of para-hydroxylation sites is 2. The van der Waals surface area contributed by atoms with Gasteiger partial charge in [-0.1, -0.05) is 80.6 Å². The third-order valence-corrected chi connectivity index (χ3v) is 8.78. The van der Waals surface area contributed by atoms with Crippen molar-refractivity contribution in [2.45, 2.75) is 19.3 Å². The fourth-order valence-electron chi connectivity index (χ4n) is 6.94. The molecule has 0 radical (unpaired) electrons. The second-order valence-corrected chi connectivity index (χ2v) is 11.2. The maximum absolute atomic E-state index is 13.6. The Hall–Kier alpha value is -5.47. The van der Waals surface area contributed by atoms with Crippen LogP contribution in [0.2, 0.25) is 0 Å². The summed E-state index contributed by atoms with van der Waals surface area (Å²) in [5, 5.41) is 12.5. The Labute approximate surface area is 236 Å². The van der Waals surface area contributed by atoms with Crippen molar-refractivity contribution in [3.8, 4) is 22.9 Å². The molecule has 0 unspecified atom stereocenters. The van der Waals surface area contributed by atoms with Crippen molar-refractivity contribution < 1.29 is 9.59 Å². The molecule has 2 heterocycles. The minimum atomic E-state index is -0.390. The standard InChI is InChI=1S/C36H23N3O2/c1-36(2)26-15-7-5-13-24(26)31-27(36)18-19-29-32(31)25-14-6-8-16-28(25)38(29)33-21(20-37)10-9-17-30(33)39-34(40)22-11-3-4-12-23(22)35(39)41/h3-19H,1-2H3. The van der Waals surface area contributed by atoms with Crippen LogP contribution >= 0.6 is 0 Å². The van der Waals surface area contributed by atoms with Gasteiger partial charge < -0.3 is 4.57 Å². The molecule has 2 amide bonds. The predicted octanol–water partition coefficient (Wildman–Crippen LogP) is 7.76. The van der Waals surface area contributed by atoms with Crippen molar-refractivity contribution in [1.82, 2.24) is 4.57 Å². The number of hydrogen-bond acceptors (Lipinski definition) is 3. The third kappa shape index (κ3) is 2.89. The van der Waals surface area contributed by atoms with Crippen LogP contribution in [0.3, 0.4) is 0 Å². The van der Waals surface area contributed by atoms with Crippen LogP contribution < -0.4 is 4.90 Å². The summed E-state index contributed by atoms with van der Waals surface area (Å²) in [5.41, 5.74) is 8.59. The molecule has 2 aliphatic rings. The largest absolute Gasteiger partial charge is 0.306 e. The van der Waals surface area contributed by atoms with Crippen LogP contribution in [-0.2, 0) is 5.41 Å². The maximum Gasteiger partial charge on any atom is 0.266 e. The van der Waals surface area contributed by atoms with Crippen molar-refractivity contribution in [2.75, 3.05) is 4.90 Å². The topological polar surface area (TPSA) is 66.1 Å². The number of hydrogen-bond donors (Lipinski definition) is 0. The van der Waals surface area contributed by atoms with Gasteiger partial charge in [-0.15, -0.1) is 0 Å². The molecule has 0 fully saturated rings. The SMILES string of the molecule is CC1(C)c2ccccc2-c2c1ccc1c2c2ccccc2n1-c1c(C#N)cccc1N1C(=O)c2ccccc2C1=O. The molecule has 1 aromatic heterocycles. The van der Waals surface area contributed by atoms with Crippen molar-refractivity contribution in [2.24, 2.45) is 0 Å². The number of anilines is 1. The molecular formula is C36H23N3O2. The van der Waals surface area contributed by atoms with Gasteiger partial charge in [0.15, 0.2) is 0 Å². The fourth-order valence-corrected chi connectivity index (χ4v) is 6.94. The van der Waals surface area contributed by atoms with E-state index in [0.29, 0.717) is 28.1 Å². The first-order valence-corrected chi connectivity index (χ1v) is 13.6. The highest BCUT2D eigenvalue weighted by Crippen LogP contribution is 2.53. The van der Waals surface area contributed by atoms with Crippen molar-refractivity contribution >= 4 is 39.3 Å². The molecule has 0 atom stereocenters. The fraction of sp³-hybridized carbons (Fsp3) is 0.0833. The molecule has 5 heteroatoms. The summed E-state index contributed by atoms with van der Waals surface area (Å²) in [7, 11) is 0. The normalized spacial score (nSPS) is 14.8. The van der Waals surface area contributed by atoms with Crippen LogP contribution in [0, 0.1) is 11.3 Å². The van der Waals surface area contributed by atoms with Crippen molar-refractivity contribution in [3.63, 3.8) is 0 Å². The van der Waals surface area contributed by atoms with Gasteiger partial charge in [0.05, 0.1) is 39.1 Å². The van der Waals surface area contributed by atoms with Crippen LogP contribution in [0.5, 0.6) is 0 Å². The molecular weight excluding hydrogens is 506 g/mol. The number of nitriles is 1. The lowest BCUT2D eigenvalue weighted by molar-refractivity contribution is 0.0926. The summed E-state index contributed by atoms with van der Waals surface area (Å²) in [5.74, 6) is -0.779. The van der Waals surface area contributed by atoms with Gasteiger partial charge in [-0.3, -0.25) is 9.59 Å². The molecule has 41 heavy (non-hydrogen) atoms. The maximum atomic E-state index is 13.6. The van der Waals surface area contributed by atoms with Gasteiger partial charge in [-0.2, -0.15) is 5.26 Å². The van der Waals surface area contributed by atoms with Gasteiger partial charge in [-0.25, -0.2) is 4.90 Å². The van der Waals surface area contributed by atoms with Gasteiger partial charge in [-0.05, 0) is 58.7 Å². The number of nitrogens with zero attached hydrogens (tertiary/aromatic N) is 3. The molecule has 5 nitrogen and oxygen atoms in total. The van der Waals surface area contributed by atoms with Crippen molar-refractivity contribution in [1.29, 1.82) is 5.26 Å². The van der Waals surface area contributed by atoms with E-state index >= 15 is 0 Å². The summed E-state index contributed by atoms with van der Waals surface area (Å²) in [6.45, 7) is 4.52. The van der Waals surface area contributed by atoms with E-state index < -0.39 is 0 Å². The molecule has 194 valence electrons. The van der Waals surface area contributed by atoms with E-state index in [-0.39, 0.29) is 17.2 Å². The van der Waals surface area contributed by atoms with Gasteiger partial charge in [0.25, 0.3) is 11.8 Å². The zero-order valence-electron chi connectivity index (χ0n) is 22.5. The quantitative estimate of drug-likeness (QED) is 0.215. The summed E-state index contributed by atoms with van der Waals surface area (Å²) in [4.78, 5) is 28.5. The average Bonchev–Trinajstić information content (AvgIpc) is 3.55. The number of fused-ring (bicyclic) bond motifs is 8. The molecule has 0 spiro atoms. The monoisotopic (exact) mass is 529 g/mol. The lowest BCUT2D eigenvalue weighted by Gasteiger charge is -2.22. The van der Waals surface area contributed by atoms with Crippen molar-refractivity contribution in [3.05, 3.63) is 131 Å². The highest BCUT2D eigenvalue weighted by atomic mass is 16.2. The number of rotatable bonds is 2. The van der Waals surface area contributed by atoms with E-state index in [1.807, 2.05) is 18.2 Å². The predicted molar refractivity (Wildman–Crippen MR) is 161 cm³/mol. The molecule has 6 aromatic rings. The molecule has 1 aliphatic heterocycles. The van der Waals surface area contributed by atoms with Gasteiger partial charge >= 0.3 is 0 Å². The minimum Gasteiger partial charge on any atom is -0.306 e. The second-order valence-electron chi connectivity index (χ2n) is 11.2. The lowest BCUT2D eigenvalue weighted by Crippen LogP contribution is -2.30. The number of benzene rings is 5. The second kappa shape index (κ2) is 8.03. The molecule has 0 N–H and O–H groups in total. The molecule has 8 rings (SSSR count). The first-order valence-electron chi connectivity index (χ1n) is 13.6. The van der Waals surface area contributed by atoms with E-state index in [4.69, 9.17) is 0 Å². The summed E-state index contributed by atoms with van der Waals surface area (Å²) in [6.07, 6.45) is 0. The first-order chi connectivity index (χ1) is 19.9. The minimum absolute atomic E-state index is 0.167. The Morgan fingerprint density at radius 3 is 2.05 bits per heavy atom. The van der Waals surface area contributed by atoms with E-state index in [1.54, 1.807) is 42.5 Å². The molecule has 0 bridgehead atoms. The van der Waals surface area contributed by atoms with E-state index in [2.05, 4.69) is 66.9 Å². The zero-order chi connectivity index (χ0) is 28.0. The highest BCUT2D eigenvalue weighted by molar-refractivity contribution is 6.35. The Balaban J connectivity index is 1.50. The van der Waals surface area contributed by atoms with Gasteiger partial charge in [0.1, 0.15) is 6.07 Å². The Morgan fingerprint density at radius 2 is 1.32 bits per heavy atom. The molecule has 0 saturated carbocycles. The van der Waals surface area contributed by atoms with E-state index in [0.717, 1.165) is 21.8 Å². The Morgan fingerprint density at radius 1 is 0.659 bits per heavy atom. The third-order valence-electron chi connectivity index (χ3n) is 8.78. The zero-order valence-corrected chi connectivity index (χ0v) is 22.5. The first kappa shape index (κ1) is 23.4. The average molecular weight is 530 g/mol. The van der Waals surface area contributed by atoms with Crippen LogP contribution in [0.25, 0.3) is 38.6 Å². The highest BCUT2D eigenvalue weighted by Gasteiger charge is 2.40. The number of carbonyl (C=O) groups is 2. The molecule has 5 aromatic carbocycles. The number of amides is 2. The number of aromatic nitrogens is 1. The Kier molecular flexibility index (Phi) is 4.59. The van der Waals surface area contributed by atoms with Gasteiger partial charge in [0.2, 0.25) is 0 Å². The van der Waals surface area contributed by atoms with Crippen LogP contribution in [0.15, 0.2) is 103 Å². The summed E-state index contributed by atoms with van der Waals surface area (Å²) in [6, 6.07) is 35.4. The summed E-state index contributed by atoms with van der Waals surface area (Å²) >= 11 is 0. The van der Waals surface area contributed by atoms with Crippen LogP contribution in [0.1, 0.15) is 51.3 Å². The van der Waals surface area contributed by atoms with Gasteiger partial charge in [0, 0.05) is 16.2 Å².